The van der Waals surface area contributed by atoms with E-state index in [1.165, 1.54) is 7.11 Å². The van der Waals surface area contributed by atoms with Gasteiger partial charge in [0.05, 0.1) is 13.7 Å². The van der Waals surface area contributed by atoms with E-state index in [4.69, 9.17) is 0 Å². The summed E-state index contributed by atoms with van der Waals surface area (Å²) >= 11 is 0. The van der Waals surface area contributed by atoms with Crippen molar-refractivity contribution in [2.24, 2.45) is 0 Å². The van der Waals surface area contributed by atoms with Gasteiger partial charge in [-0.05, 0) is 18.4 Å². The standard InChI is InChI=1S/C19H26N2O4/c1-3-4-12-20-14-17(22)21(13-15-8-6-5-7-9-15)16(19(20)24)10-11-18(23)25-2/h5-9,16H,3-4,10-14H2,1-2H3/t16-/m0/s1. The summed E-state index contributed by atoms with van der Waals surface area (Å²) < 4.78 is 4.68. The molecule has 0 saturated carbocycles. The van der Waals surface area contributed by atoms with Crippen LogP contribution >= 0.6 is 0 Å². The molecule has 6 nitrogen and oxygen atoms in total. The highest BCUT2D eigenvalue weighted by Gasteiger charge is 2.38. The first-order valence-corrected chi connectivity index (χ1v) is 8.75. The van der Waals surface area contributed by atoms with Crippen LogP contribution in [0, 0.1) is 0 Å². The number of benzene rings is 1. The van der Waals surface area contributed by atoms with Crippen molar-refractivity contribution in [1.82, 2.24) is 9.80 Å². The minimum atomic E-state index is -0.614. The fourth-order valence-electron chi connectivity index (χ4n) is 3.00. The Morgan fingerprint density at radius 1 is 1.24 bits per heavy atom. The summed E-state index contributed by atoms with van der Waals surface area (Å²) in [5.74, 6) is -0.520. The Hall–Kier alpha value is -2.37. The van der Waals surface area contributed by atoms with Crippen LogP contribution < -0.4 is 0 Å². The van der Waals surface area contributed by atoms with Gasteiger partial charge in [0.15, 0.2) is 0 Å². The van der Waals surface area contributed by atoms with Crippen molar-refractivity contribution in [1.29, 1.82) is 0 Å². The molecule has 1 aromatic rings. The summed E-state index contributed by atoms with van der Waals surface area (Å²) in [4.78, 5) is 40.2. The van der Waals surface area contributed by atoms with Crippen LogP contribution in [0.1, 0.15) is 38.2 Å². The van der Waals surface area contributed by atoms with Crippen LogP contribution in [-0.4, -0.2) is 53.8 Å². The molecule has 0 spiro atoms. The number of nitrogens with zero attached hydrogens (tertiary/aromatic N) is 2. The van der Waals surface area contributed by atoms with E-state index in [0.29, 0.717) is 13.1 Å². The van der Waals surface area contributed by atoms with Crippen molar-refractivity contribution in [3.05, 3.63) is 35.9 Å². The highest BCUT2D eigenvalue weighted by molar-refractivity contribution is 5.95. The molecule has 1 fully saturated rings. The Bertz CT molecular complexity index is 603. The third-order valence-electron chi connectivity index (χ3n) is 4.45. The van der Waals surface area contributed by atoms with Crippen LogP contribution in [0.25, 0.3) is 0 Å². The number of amides is 2. The van der Waals surface area contributed by atoms with Gasteiger partial charge in [-0.15, -0.1) is 0 Å². The first-order valence-electron chi connectivity index (χ1n) is 8.75. The van der Waals surface area contributed by atoms with Crippen LogP contribution in [0.2, 0.25) is 0 Å². The topological polar surface area (TPSA) is 66.9 Å². The van der Waals surface area contributed by atoms with Crippen LogP contribution in [0.5, 0.6) is 0 Å². The second-order valence-electron chi connectivity index (χ2n) is 6.25. The van der Waals surface area contributed by atoms with E-state index in [2.05, 4.69) is 4.74 Å². The molecular weight excluding hydrogens is 320 g/mol. The van der Waals surface area contributed by atoms with Crippen LogP contribution in [-0.2, 0) is 25.7 Å². The zero-order chi connectivity index (χ0) is 18.2. The summed E-state index contributed by atoms with van der Waals surface area (Å²) in [6.45, 7) is 3.11. The number of hydrogen-bond acceptors (Lipinski definition) is 4. The summed E-state index contributed by atoms with van der Waals surface area (Å²) in [6, 6.07) is 8.97. The number of unbranched alkanes of at least 4 members (excludes halogenated alkanes) is 1. The Balaban J connectivity index is 2.16. The molecule has 0 aliphatic carbocycles. The molecule has 1 saturated heterocycles. The predicted molar refractivity (Wildman–Crippen MR) is 93.5 cm³/mol. The van der Waals surface area contributed by atoms with E-state index in [9.17, 15) is 14.4 Å². The summed E-state index contributed by atoms with van der Waals surface area (Å²) in [7, 11) is 1.32. The van der Waals surface area contributed by atoms with Crippen molar-refractivity contribution in [3.8, 4) is 0 Å². The molecule has 25 heavy (non-hydrogen) atoms. The van der Waals surface area contributed by atoms with Crippen LogP contribution in [0.3, 0.4) is 0 Å². The highest BCUT2D eigenvalue weighted by atomic mass is 16.5. The third-order valence-corrected chi connectivity index (χ3v) is 4.45. The first-order chi connectivity index (χ1) is 12.1. The van der Waals surface area contributed by atoms with Crippen LogP contribution in [0.4, 0.5) is 0 Å². The van der Waals surface area contributed by atoms with E-state index in [1.807, 2.05) is 37.3 Å². The van der Waals surface area contributed by atoms with E-state index in [0.717, 1.165) is 18.4 Å². The zero-order valence-electron chi connectivity index (χ0n) is 14.9. The van der Waals surface area contributed by atoms with E-state index in [1.54, 1.807) is 9.80 Å². The van der Waals surface area contributed by atoms with Gasteiger partial charge in [0.25, 0.3) is 0 Å². The molecule has 1 aliphatic rings. The van der Waals surface area contributed by atoms with Crippen LogP contribution in [0.15, 0.2) is 30.3 Å². The number of rotatable bonds is 8. The number of carbonyl (C=O) groups excluding carboxylic acids is 3. The van der Waals surface area contributed by atoms with Gasteiger partial charge in [0.2, 0.25) is 11.8 Å². The summed E-state index contributed by atoms with van der Waals surface area (Å²) in [5.41, 5.74) is 0.966. The second-order valence-corrected chi connectivity index (χ2v) is 6.25. The molecule has 2 amide bonds. The summed E-state index contributed by atoms with van der Waals surface area (Å²) in [5, 5.41) is 0. The lowest BCUT2D eigenvalue weighted by molar-refractivity contribution is -0.157. The molecule has 6 heteroatoms. The first kappa shape index (κ1) is 19.0. The molecule has 136 valence electrons. The monoisotopic (exact) mass is 346 g/mol. The molecule has 0 N–H and O–H groups in total. The third kappa shape index (κ3) is 5.05. The maximum absolute atomic E-state index is 12.9. The van der Waals surface area contributed by atoms with Gasteiger partial charge in [0, 0.05) is 19.5 Å². The van der Waals surface area contributed by atoms with Crippen molar-refractivity contribution in [3.63, 3.8) is 0 Å². The number of piperazine rings is 1. The second kappa shape index (κ2) is 9.20. The smallest absolute Gasteiger partial charge is 0.305 e. The van der Waals surface area contributed by atoms with Gasteiger partial charge in [-0.3, -0.25) is 14.4 Å². The molecule has 0 bridgehead atoms. The summed E-state index contributed by atoms with van der Waals surface area (Å²) in [6.07, 6.45) is 2.22. The van der Waals surface area contributed by atoms with Crippen molar-refractivity contribution in [2.45, 2.75) is 45.2 Å². The molecule has 1 aromatic carbocycles. The molecular formula is C19H26N2O4. The fourth-order valence-corrected chi connectivity index (χ4v) is 3.00. The maximum atomic E-state index is 12.9. The minimum Gasteiger partial charge on any atom is -0.469 e. The lowest BCUT2D eigenvalue weighted by Gasteiger charge is -2.40. The fraction of sp³-hybridized carbons (Fsp3) is 0.526. The molecule has 1 aliphatic heterocycles. The number of ether oxygens (including phenoxy) is 1. The molecule has 0 radical (unpaired) electrons. The largest absolute Gasteiger partial charge is 0.469 e. The Morgan fingerprint density at radius 3 is 2.60 bits per heavy atom. The SMILES string of the molecule is CCCCN1CC(=O)N(Cc2ccccc2)[C@@H](CCC(=O)OC)C1=O. The minimum absolute atomic E-state index is 0.0746. The molecule has 2 rings (SSSR count). The van der Waals surface area contributed by atoms with Crippen molar-refractivity contribution in [2.75, 3.05) is 20.2 Å². The number of carbonyl (C=O) groups is 3. The van der Waals surface area contributed by atoms with E-state index in [-0.39, 0.29) is 37.2 Å². The lowest BCUT2D eigenvalue weighted by Crippen LogP contribution is -2.59. The number of hydrogen-bond donors (Lipinski definition) is 0. The molecule has 0 aromatic heterocycles. The Kier molecular flexibility index (Phi) is 6.98. The molecule has 1 atom stereocenters. The van der Waals surface area contributed by atoms with Gasteiger partial charge in [-0.1, -0.05) is 43.7 Å². The van der Waals surface area contributed by atoms with Gasteiger partial charge in [0.1, 0.15) is 6.04 Å². The van der Waals surface area contributed by atoms with Gasteiger partial charge in [-0.2, -0.15) is 0 Å². The number of methoxy groups -OCH3 is 1. The van der Waals surface area contributed by atoms with Crippen molar-refractivity contribution < 1.29 is 19.1 Å². The highest BCUT2D eigenvalue weighted by Crippen LogP contribution is 2.21. The van der Waals surface area contributed by atoms with Crippen molar-refractivity contribution >= 4 is 17.8 Å². The molecule has 0 unspecified atom stereocenters. The molecule has 1 heterocycles. The average Bonchev–Trinajstić information content (AvgIpc) is 2.63. The van der Waals surface area contributed by atoms with Gasteiger partial charge in [-0.25, -0.2) is 0 Å². The quantitative estimate of drug-likeness (QED) is 0.675. The predicted octanol–water partition coefficient (Wildman–Crippen LogP) is 1.98. The Labute approximate surface area is 148 Å². The average molecular weight is 346 g/mol. The van der Waals surface area contributed by atoms with E-state index >= 15 is 0 Å². The number of esters is 1. The van der Waals surface area contributed by atoms with E-state index < -0.39 is 6.04 Å². The maximum Gasteiger partial charge on any atom is 0.305 e. The lowest BCUT2D eigenvalue weighted by atomic mass is 10.0. The Morgan fingerprint density at radius 2 is 1.96 bits per heavy atom. The zero-order valence-corrected chi connectivity index (χ0v) is 14.9. The normalized spacial score (nSPS) is 17.8. The van der Waals surface area contributed by atoms with Gasteiger partial charge < -0.3 is 14.5 Å². The van der Waals surface area contributed by atoms with Gasteiger partial charge >= 0.3 is 5.97 Å².